The molecule has 1 fully saturated rings. The van der Waals surface area contributed by atoms with Crippen molar-refractivity contribution in [1.82, 2.24) is 14.7 Å². The van der Waals surface area contributed by atoms with Gasteiger partial charge in [0.1, 0.15) is 0 Å². The Morgan fingerprint density at radius 1 is 1.41 bits per heavy atom. The second-order valence-electron chi connectivity index (χ2n) is 6.73. The van der Waals surface area contributed by atoms with Gasteiger partial charge in [0.2, 0.25) is 0 Å². The first kappa shape index (κ1) is 22.1. The summed E-state index contributed by atoms with van der Waals surface area (Å²) in [4.78, 5) is 19.6. The Hall–Kier alpha value is -1.19. The topological polar surface area (TPSA) is 78.9 Å². The van der Waals surface area contributed by atoms with Crippen LogP contribution < -0.4 is 5.32 Å². The van der Waals surface area contributed by atoms with Crippen molar-refractivity contribution in [3.8, 4) is 0 Å². The van der Waals surface area contributed by atoms with Gasteiger partial charge in [-0.25, -0.2) is 8.42 Å². The zero-order valence-corrected chi connectivity index (χ0v) is 17.6. The maximum absolute atomic E-state index is 12.5. The van der Waals surface area contributed by atoms with E-state index in [0.717, 1.165) is 24.0 Å². The molecule has 0 spiro atoms. The highest BCUT2D eigenvalue weighted by Gasteiger charge is 2.23. The van der Waals surface area contributed by atoms with E-state index in [2.05, 4.69) is 17.1 Å². The van der Waals surface area contributed by atoms with E-state index >= 15 is 0 Å². The molecule has 1 aromatic carbocycles. The Bertz CT molecular complexity index is 757. The van der Waals surface area contributed by atoms with E-state index in [-0.39, 0.29) is 21.4 Å². The number of carbonyl (C=O) groups excluding carboxylic acids is 1. The molecule has 7 nitrogen and oxygen atoms in total. The van der Waals surface area contributed by atoms with Crippen molar-refractivity contribution in [2.75, 3.05) is 33.8 Å². The van der Waals surface area contributed by atoms with Gasteiger partial charge in [0.25, 0.3) is 15.9 Å². The molecule has 27 heavy (non-hydrogen) atoms. The molecule has 1 aliphatic rings. The standard InChI is InChI=1S/C18H28ClN3O4S/c1-14-7-4-5-11-22(14)12-6-10-20-18(23)16-13-15(8-9-17(16)19)27(24,25)21(2)26-3/h8-9,13-14H,4-7,10-12H2,1-3H3,(H,20,23)/t14-/m0/s1. The fourth-order valence-electron chi connectivity index (χ4n) is 3.15. The zero-order valence-electron chi connectivity index (χ0n) is 16.1. The van der Waals surface area contributed by atoms with Gasteiger partial charge in [-0.2, -0.15) is 0 Å². The first-order chi connectivity index (χ1) is 12.8. The Morgan fingerprint density at radius 2 is 2.15 bits per heavy atom. The molecular weight excluding hydrogens is 390 g/mol. The average molecular weight is 418 g/mol. The molecule has 0 aromatic heterocycles. The number of rotatable bonds is 8. The number of nitrogens with one attached hydrogen (secondary N) is 1. The summed E-state index contributed by atoms with van der Waals surface area (Å²) in [6.45, 7) is 4.78. The molecule has 0 unspecified atom stereocenters. The molecule has 1 aromatic rings. The number of likely N-dealkylation sites (tertiary alicyclic amines) is 1. The molecule has 0 bridgehead atoms. The fraction of sp³-hybridized carbons (Fsp3) is 0.611. The molecule has 2 rings (SSSR count). The summed E-state index contributed by atoms with van der Waals surface area (Å²) in [7, 11) is -1.30. The molecule has 0 radical (unpaired) electrons. The number of carbonyl (C=O) groups is 1. The Balaban J connectivity index is 1.96. The number of hydrogen-bond donors (Lipinski definition) is 1. The molecule has 1 N–H and O–H groups in total. The number of hydroxylamine groups is 1. The second kappa shape index (κ2) is 9.84. The maximum Gasteiger partial charge on any atom is 0.264 e. The third kappa shape index (κ3) is 5.65. The van der Waals surface area contributed by atoms with Crippen LogP contribution in [0.4, 0.5) is 0 Å². The van der Waals surface area contributed by atoms with Gasteiger partial charge in [-0.1, -0.05) is 22.5 Å². The predicted octanol–water partition coefficient (Wildman–Crippen LogP) is 2.52. The number of benzene rings is 1. The molecule has 9 heteroatoms. The Kier molecular flexibility index (Phi) is 8.05. The summed E-state index contributed by atoms with van der Waals surface area (Å²) in [6.07, 6.45) is 4.56. The molecule has 1 atom stereocenters. The van der Waals surface area contributed by atoms with Crippen molar-refractivity contribution in [3.63, 3.8) is 0 Å². The van der Waals surface area contributed by atoms with Gasteiger partial charge in [-0.3, -0.25) is 9.63 Å². The summed E-state index contributed by atoms with van der Waals surface area (Å²) in [5, 5.41) is 3.03. The monoisotopic (exact) mass is 417 g/mol. The van der Waals surface area contributed by atoms with Gasteiger partial charge in [0.05, 0.1) is 22.6 Å². The molecular formula is C18H28ClN3O4S. The van der Waals surface area contributed by atoms with Crippen LogP contribution in [-0.2, 0) is 14.9 Å². The maximum atomic E-state index is 12.5. The van der Waals surface area contributed by atoms with E-state index in [1.54, 1.807) is 0 Å². The van der Waals surface area contributed by atoms with Crippen molar-refractivity contribution < 1.29 is 18.0 Å². The van der Waals surface area contributed by atoms with E-state index in [1.807, 2.05) is 0 Å². The van der Waals surface area contributed by atoms with Crippen LogP contribution in [0.3, 0.4) is 0 Å². The molecule has 1 aliphatic heterocycles. The molecule has 152 valence electrons. The first-order valence-electron chi connectivity index (χ1n) is 9.12. The lowest BCUT2D eigenvalue weighted by molar-refractivity contribution is -0.0258. The number of amides is 1. The normalized spacial score (nSPS) is 18.6. The van der Waals surface area contributed by atoms with Crippen molar-refractivity contribution in [1.29, 1.82) is 0 Å². The third-order valence-electron chi connectivity index (χ3n) is 4.92. The number of hydrogen-bond acceptors (Lipinski definition) is 5. The molecule has 1 saturated heterocycles. The minimum absolute atomic E-state index is 0.0523. The minimum atomic E-state index is -3.84. The van der Waals surface area contributed by atoms with Crippen LogP contribution in [0.1, 0.15) is 43.0 Å². The summed E-state index contributed by atoms with van der Waals surface area (Å²) >= 11 is 6.10. The van der Waals surface area contributed by atoms with Gasteiger partial charge in [-0.05, 0) is 50.9 Å². The van der Waals surface area contributed by atoms with Crippen LogP contribution in [0.25, 0.3) is 0 Å². The van der Waals surface area contributed by atoms with E-state index in [4.69, 9.17) is 16.4 Å². The largest absolute Gasteiger partial charge is 0.352 e. The van der Waals surface area contributed by atoms with Crippen LogP contribution in [0.2, 0.25) is 5.02 Å². The van der Waals surface area contributed by atoms with Crippen LogP contribution in [-0.4, -0.2) is 63.5 Å². The summed E-state index contributed by atoms with van der Waals surface area (Å²) in [5.74, 6) is -0.385. The molecule has 0 aliphatic carbocycles. The molecule has 1 heterocycles. The zero-order chi connectivity index (χ0) is 20.0. The smallest absolute Gasteiger partial charge is 0.264 e. The van der Waals surface area contributed by atoms with Crippen LogP contribution in [0, 0.1) is 0 Å². The average Bonchev–Trinajstić information content (AvgIpc) is 2.65. The van der Waals surface area contributed by atoms with Gasteiger partial charge < -0.3 is 10.2 Å². The summed E-state index contributed by atoms with van der Waals surface area (Å²) in [5.41, 5.74) is 0.133. The lowest BCUT2D eigenvalue weighted by Gasteiger charge is -2.33. The quantitative estimate of drug-likeness (QED) is 0.519. The van der Waals surface area contributed by atoms with E-state index in [9.17, 15) is 13.2 Å². The number of sulfonamides is 1. The van der Waals surface area contributed by atoms with Crippen LogP contribution in [0.5, 0.6) is 0 Å². The Morgan fingerprint density at radius 3 is 2.81 bits per heavy atom. The van der Waals surface area contributed by atoms with Gasteiger partial charge >= 0.3 is 0 Å². The van der Waals surface area contributed by atoms with Crippen LogP contribution in [0.15, 0.2) is 23.1 Å². The molecule has 1 amide bonds. The third-order valence-corrected chi connectivity index (χ3v) is 6.93. The SMILES string of the molecule is CON(C)S(=O)(=O)c1ccc(Cl)c(C(=O)NCCCN2CCCC[C@@H]2C)c1. The lowest BCUT2D eigenvalue weighted by Crippen LogP contribution is -2.39. The van der Waals surface area contributed by atoms with Gasteiger partial charge in [-0.15, -0.1) is 0 Å². The number of piperidine rings is 1. The highest BCUT2D eigenvalue weighted by Crippen LogP contribution is 2.22. The van der Waals surface area contributed by atoms with E-state index < -0.39 is 10.0 Å². The highest BCUT2D eigenvalue weighted by atomic mass is 35.5. The Labute approximate surface area is 166 Å². The van der Waals surface area contributed by atoms with Gasteiger partial charge in [0.15, 0.2) is 0 Å². The number of halogens is 1. The summed E-state index contributed by atoms with van der Waals surface area (Å²) < 4.78 is 25.4. The molecule has 0 saturated carbocycles. The van der Waals surface area contributed by atoms with E-state index in [0.29, 0.717) is 12.6 Å². The first-order valence-corrected chi connectivity index (χ1v) is 10.9. The van der Waals surface area contributed by atoms with Crippen LogP contribution >= 0.6 is 11.6 Å². The summed E-state index contributed by atoms with van der Waals surface area (Å²) in [6, 6.07) is 4.61. The minimum Gasteiger partial charge on any atom is -0.352 e. The van der Waals surface area contributed by atoms with Gasteiger partial charge in [0, 0.05) is 26.2 Å². The lowest BCUT2D eigenvalue weighted by atomic mass is 10.0. The predicted molar refractivity (Wildman–Crippen MR) is 105 cm³/mol. The highest BCUT2D eigenvalue weighted by molar-refractivity contribution is 7.89. The van der Waals surface area contributed by atoms with E-state index in [1.165, 1.54) is 51.6 Å². The van der Waals surface area contributed by atoms with Crippen molar-refractivity contribution in [3.05, 3.63) is 28.8 Å². The van der Waals surface area contributed by atoms with Crippen molar-refractivity contribution >= 4 is 27.5 Å². The number of nitrogens with zero attached hydrogens (tertiary/aromatic N) is 2. The second-order valence-corrected chi connectivity index (χ2v) is 9.07. The van der Waals surface area contributed by atoms with Crippen molar-refractivity contribution in [2.45, 2.75) is 43.5 Å². The fourth-order valence-corrected chi connectivity index (χ4v) is 4.36. The van der Waals surface area contributed by atoms with Crippen molar-refractivity contribution in [2.24, 2.45) is 0 Å².